The zero-order valence-electron chi connectivity index (χ0n) is 17.5. The minimum atomic E-state index is -0.320. The van der Waals surface area contributed by atoms with E-state index < -0.39 is 0 Å². The Morgan fingerprint density at radius 3 is 2.55 bits per heavy atom. The van der Waals surface area contributed by atoms with Gasteiger partial charge in [0.05, 0.1) is 13.7 Å². The third kappa shape index (κ3) is 4.60. The van der Waals surface area contributed by atoms with Crippen LogP contribution in [0.1, 0.15) is 42.2 Å². The van der Waals surface area contributed by atoms with E-state index in [2.05, 4.69) is 33.4 Å². The van der Waals surface area contributed by atoms with E-state index in [4.69, 9.17) is 14.5 Å². The number of phenols is 1. The van der Waals surface area contributed by atoms with Gasteiger partial charge in [0.2, 0.25) is 0 Å². The molecule has 0 aromatic heterocycles. The van der Waals surface area contributed by atoms with Gasteiger partial charge < -0.3 is 14.6 Å². The van der Waals surface area contributed by atoms with Gasteiger partial charge >= 0.3 is 0 Å². The van der Waals surface area contributed by atoms with E-state index in [0.717, 1.165) is 32.6 Å². The maximum atomic E-state index is 10.9. The molecule has 0 fully saturated rings. The molecule has 0 amide bonds. The highest BCUT2D eigenvalue weighted by molar-refractivity contribution is 9.10. The summed E-state index contributed by atoms with van der Waals surface area (Å²) >= 11 is 3.56. The topological polar surface area (TPSA) is 63.1 Å². The summed E-state index contributed by atoms with van der Waals surface area (Å²) in [6.07, 6.45) is 0.310. The summed E-state index contributed by atoms with van der Waals surface area (Å²) in [5, 5.41) is 14.5. The van der Waals surface area contributed by atoms with E-state index in [1.165, 1.54) is 0 Å². The summed E-state index contributed by atoms with van der Waals surface area (Å²) in [6.45, 7) is 2.39. The molecule has 5 nitrogen and oxygen atoms in total. The van der Waals surface area contributed by atoms with Gasteiger partial charge in [0.15, 0.2) is 11.5 Å². The SMILES string of the molecule is CCOc1cccc([C@H]2CC(c3cccc(Br)c3)=N[C@H](c3ccccc3OC)N2)c1O. The zero-order chi connectivity index (χ0) is 21.8. The van der Waals surface area contributed by atoms with Crippen LogP contribution >= 0.6 is 15.9 Å². The summed E-state index contributed by atoms with van der Waals surface area (Å²) in [5.74, 6) is 1.42. The van der Waals surface area contributed by atoms with Crippen LogP contribution in [0.5, 0.6) is 17.2 Å². The van der Waals surface area contributed by atoms with Gasteiger partial charge in [-0.25, -0.2) is 0 Å². The Morgan fingerprint density at radius 2 is 1.77 bits per heavy atom. The van der Waals surface area contributed by atoms with Crippen LogP contribution in [0.2, 0.25) is 0 Å². The number of phenolic OH excluding ortho intramolecular Hbond substituents is 1. The quantitative estimate of drug-likeness (QED) is 0.468. The first-order valence-electron chi connectivity index (χ1n) is 10.3. The second-order valence-electron chi connectivity index (χ2n) is 7.28. The van der Waals surface area contributed by atoms with Crippen LogP contribution in [0.3, 0.4) is 0 Å². The minimum absolute atomic E-state index is 0.151. The van der Waals surface area contributed by atoms with Crippen LogP contribution in [0.4, 0.5) is 0 Å². The van der Waals surface area contributed by atoms with E-state index >= 15 is 0 Å². The van der Waals surface area contributed by atoms with Crippen LogP contribution < -0.4 is 14.8 Å². The van der Waals surface area contributed by atoms with E-state index in [1.807, 2.05) is 55.5 Å². The lowest BCUT2D eigenvalue weighted by Crippen LogP contribution is -2.33. The molecule has 31 heavy (non-hydrogen) atoms. The van der Waals surface area contributed by atoms with Crippen molar-refractivity contribution < 1.29 is 14.6 Å². The molecule has 1 aliphatic rings. The Bertz CT molecular complexity index is 1100. The molecular weight excluding hydrogens is 456 g/mol. The molecule has 0 bridgehead atoms. The molecule has 0 radical (unpaired) electrons. The largest absolute Gasteiger partial charge is 0.504 e. The molecule has 3 aromatic rings. The summed E-state index contributed by atoms with van der Waals surface area (Å²) in [5.41, 5.74) is 3.74. The molecular formula is C25H25BrN2O3. The number of para-hydroxylation sites is 2. The number of ether oxygens (including phenoxy) is 2. The number of methoxy groups -OCH3 is 1. The Morgan fingerprint density at radius 1 is 1.03 bits per heavy atom. The summed E-state index contributed by atoms with van der Waals surface area (Å²) in [6, 6.07) is 21.5. The average molecular weight is 481 g/mol. The molecule has 2 N–H and O–H groups in total. The van der Waals surface area contributed by atoms with Crippen molar-refractivity contribution in [2.75, 3.05) is 13.7 Å². The molecule has 160 valence electrons. The number of benzene rings is 3. The van der Waals surface area contributed by atoms with E-state index in [-0.39, 0.29) is 18.0 Å². The van der Waals surface area contributed by atoms with Gasteiger partial charge in [-0.1, -0.05) is 58.4 Å². The normalized spacial score (nSPS) is 18.4. The number of rotatable bonds is 6. The lowest BCUT2D eigenvalue weighted by Gasteiger charge is -2.31. The van der Waals surface area contributed by atoms with Crippen LogP contribution in [-0.2, 0) is 0 Å². The number of nitrogens with zero attached hydrogens (tertiary/aromatic N) is 1. The van der Waals surface area contributed by atoms with Crippen LogP contribution in [0.25, 0.3) is 0 Å². The molecule has 1 heterocycles. The summed E-state index contributed by atoms with van der Waals surface area (Å²) < 4.78 is 12.2. The molecule has 1 aliphatic heterocycles. The van der Waals surface area contributed by atoms with Crippen LogP contribution in [0.15, 0.2) is 76.2 Å². The average Bonchev–Trinajstić information content (AvgIpc) is 2.80. The first-order chi connectivity index (χ1) is 15.1. The molecule has 0 unspecified atom stereocenters. The summed E-state index contributed by atoms with van der Waals surface area (Å²) in [7, 11) is 1.66. The number of aliphatic imine (C=N–C) groups is 1. The predicted octanol–water partition coefficient (Wildman–Crippen LogP) is 5.78. The van der Waals surface area contributed by atoms with Crippen molar-refractivity contribution in [2.24, 2.45) is 4.99 Å². The maximum absolute atomic E-state index is 10.9. The van der Waals surface area contributed by atoms with Crippen LogP contribution in [0, 0.1) is 0 Å². The second kappa shape index (κ2) is 9.54. The van der Waals surface area contributed by atoms with Gasteiger partial charge in [-0.15, -0.1) is 0 Å². The molecule has 3 aromatic carbocycles. The predicted molar refractivity (Wildman–Crippen MR) is 126 cm³/mol. The maximum Gasteiger partial charge on any atom is 0.162 e. The van der Waals surface area contributed by atoms with E-state index in [9.17, 15) is 5.11 Å². The molecule has 4 rings (SSSR count). The first kappa shape index (κ1) is 21.4. The second-order valence-corrected chi connectivity index (χ2v) is 8.20. The van der Waals surface area contributed by atoms with E-state index in [0.29, 0.717) is 18.8 Å². The van der Waals surface area contributed by atoms with Crippen molar-refractivity contribution in [1.29, 1.82) is 0 Å². The van der Waals surface area contributed by atoms with Gasteiger partial charge in [-0.2, -0.15) is 0 Å². The number of halogens is 1. The van der Waals surface area contributed by atoms with Crippen molar-refractivity contribution in [3.8, 4) is 17.2 Å². The number of hydrogen-bond acceptors (Lipinski definition) is 5. The van der Waals surface area contributed by atoms with Gasteiger partial charge in [0, 0.05) is 33.8 Å². The fourth-order valence-electron chi connectivity index (χ4n) is 3.89. The van der Waals surface area contributed by atoms with Crippen molar-refractivity contribution in [1.82, 2.24) is 5.32 Å². The summed E-state index contributed by atoms with van der Waals surface area (Å²) in [4.78, 5) is 5.03. The Balaban J connectivity index is 1.79. The van der Waals surface area contributed by atoms with Crippen molar-refractivity contribution in [3.63, 3.8) is 0 Å². The molecule has 6 heteroatoms. The molecule has 0 saturated carbocycles. The third-order valence-corrected chi connectivity index (χ3v) is 5.83. The standard InChI is InChI=1S/C25H25BrN2O3/c1-3-31-23-13-7-11-18(24(23)29)21-15-20(16-8-6-9-17(26)14-16)27-25(28-21)19-10-4-5-12-22(19)30-2/h4-14,21,25,28-29H,3,15H2,1-2H3/t21-,25+/m1/s1. The fraction of sp³-hybridized carbons (Fsp3) is 0.240. The Hall–Kier alpha value is -2.83. The van der Waals surface area contributed by atoms with Crippen molar-refractivity contribution in [2.45, 2.75) is 25.6 Å². The first-order valence-corrected chi connectivity index (χ1v) is 11.1. The molecule has 0 saturated heterocycles. The number of aromatic hydroxyl groups is 1. The Kier molecular flexibility index (Phi) is 6.59. The Labute approximate surface area is 190 Å². The van der Waals surface area contributed by atoms with Gasteiger partial charge in [0.25, 0.3) is 0 Å². The number of nitrogens with one attached hydrogen (secondary N) is 1. The van der Waals surface area contributed by atoms with E-state index in [1.54, 1.807) is 13.2 Å². The molecule has 2 atom stereocenters. The van der Waals surface area contributed by atoms with Gasteiger partial charge in [0.1, 0.15) is 11.9 Å². The molecule has 0 spiro atoms. The highest BCUT2D eigenvalue weighted by Crippen LogP contribution is 2.40. The lowest BCUT2D eigenvalue weighted by molar-refractivity contribution is 0.313. The monoisotopic (exact) mass is 480 g/mol. The van der Waals surface area contributed by atoms with Crippen LogP contribution in [-0.4, -0.2) is 24.5 Å². The highest BCUT2D eigenvalue weighted by Gasteiger charge is 2.29. The van der Waals surface area contributed by atoms with Gasteiger partial charge in [-0.3, -0.25) is 10.3 Å². The third-order valence-electron chi connectivity index (χ3n) is 5.34. The highest BCUT2D eigenvalue weighted by atomic mass is 79.9. The fourth-order valence-corrected chi connectivity index (χ4v) is 4.29. The van der Waals surface area contributed by atoms with Crippen molar-refractivity contribution in [3.05, 3.63) is 87.9 Å². The lowest BCUT2D eigenvalue weighted by atomic mass is 9.93. The smallest absolute Gasteiger partial charge is 0.162 e. The van der Waals surface area contributed by atoms with Gasteiger partial charge in [-0.05, 0) is 36.8 Å². The number of hydrogen-bond donors (Lipinski definition) is 2. The zero-order valence-corrected chi connectivity index (χ0v) is 19.1. The minimum Gasteiger partial charge on any atom is -0.504 e. The molecule has 0 aliphatic carbocycles. The van der Waals surface area contributed by atoms with Crippen molar-refractivity contribution >= 4 is 21.6 Å².